The van der Waals surface area contributed by atoms with Crippen molar-refractivity contribution in [2.45, 2.75) is 26.9 Å². The first-order valence-electron chi connectivity index (χ1n) is 5.44. The zero-order chi connectivity index (χ0) is 15.0. The van der Waals surface area contributed by atoms with E-state index >= 15 is 0 Å². The van der Waals surface area contributed by atoms with Crippen LogP contribution in [-0.4, -0.2) is 43.9 Å². The Kier molecular flexibility index (Phi) is 9.06. The van der Waals surface area contributed by atoms with Crippen LogP contribution in [0, 0.1) is 0 Å². The van der Waals surface area contributed by atoms with Crippen LogP contribution >= 0.6 is 7.91 Å². The topological polar surface area (TPSA) is 49.4 Å². The molecule has 0 saturated carbocycles. The molecule has 0 heterocycles. The van der Waals surface area contributed by atoms with Gasteiger partial charge in [-0.2, -0.15) is 17.4 Å². The summed E-state index contributed by atoms with van der Waals surface area (Å²) < 4.78 is 57.6. The molecule has 0 aromatic heterocycles. The van der Waals surface area contributed by atoms with E-state index in [9.17, 15) is 26.8 Å². The maximum atomic E-state index is 11.2. The minimum absolute atomic E-state index is 1.21. The predicted molar refractivity (Wildman–Crippen MR) is 58.5 cm³/mol. The standard InChI is InChI=1S/C7H18N.C2H3F4O3P/c1-5-8(4,6-2)7-3;3-2(4,5)1-9-10(6,7)8/h5-7H2,1-4H3;1H2,(H,7,8)/q+1;/p-1. The van der Waals surface area contributed by atoms with Gasteiger partial charge in [0.2, 0.25) is 0 Å². The van der Waals surface area contributed by atoms with E-state index < -0.39 is 20.7 Å². The van der Waals surface area contributed by atoms with Crippen molar-refractivity contribution in [2.24, 2.45) is 0 Å². The Bertz CT molecular complexity index is 255. The third kappa shape index (κ3) is 13.9. The maximum absolute atomic E-state index is 11.2. The second-order valence-corrected chi connectivity index (χ2v) is 5.01. The smallest absolute Gasteiger partial charge is 0.412 e. The van der Waals surface area contributed by atoms with E-state index in [1.165, 1.54) is 24.1 Å². The lowest BCUT2D eigenvalue weighted by atomic mass is 10.4. The third-order valence-electron chi connectivity index (χ3n) is 2.67. The Morgan fingerprint density at radius 2 is 1.50 bits per heavy atom. The van der Waals surface area contributed by atoms with Crippen LogP contribution in [0.4, 0.5) is 17.4 Å². The molecule has 0 rings (SSSR count). The molecule has 0 fully saturated rings. The Labute approximate surface area is 105 Å². The highest BCUT2D eigenvalue weighted by Gasteiger charge is 2.29. The van der Waals surface area contributed by atoms with Gasteiger partial charge in [-0.1, -0.05) is 0 Å². The summed E-state index contributed by atoms with van der Waals surface area (Å²) in [5, 5.41) is 0. The van der Waals surface area contributed by atoms with Crippen molar-refractivity contribution in [1.29, 1.82) is 0 Å². The van der Waals surface area contributed by atoms with Crippen molar-refractivity contribution < 1.29 is 35.8 Å². The molecule has 0 N–H and O–H groups in total. The van der Waals surface area contributed by atoms with Gasteiger partial charge in [-0.15, -0.1) is 0 Å². The fourth-order valence-electron chi connectivity index (χ4n) is 0.821. The zero-order valence-corrected chi connectivity index (χ0v) is 11.9. The number of alkyl halides is 3. The fourth-order valence-corrected chi connectivity index (χ4v) is 1.12. The molecule has 0 radical (unpaired) electrons. The Morgan fingerprint density at radius 1 is 1.17 bits per heavy atom. The SMILES string of the molecule is CC[N+](C)(CC)CC.O=P([O-])(F)OCC(F)(F)F. The third-order valence-corrected chi connectivity index (χ3v) is 3.11. The Morgan fingerprint density at radius 3 is 1.56 bits per heavy atom. The lowest BCUT2D eigenvalue weighted by molar-refractivity contribution is -0.904. The summed E-state index contributed by atoms with van der Waals surface area (Å²) in [7, 11) is -3.44. The normalized spacial score (nSPS) is 15.6. The molecule has 1 atom stereocenters. The van der Waals surface area contributed by atoms with Crippen LogP contribution in [-0.2, 0) is 9.09 Å². The lowest BCUT2D eigenvalue weighted by Gasteiger charge is -2.30. The van der Waals surface area contributed by atoms with E-state index in [0.717, 1.165) is 0 Å². The average Bonchev–Trinajstić information content (AvgIpc) is 2.25. The van der Waals surface area contributed by atoms with Gasteiger partial charge in [-0.3, -0.25) is 4.57 Å². The van der Waals surface area contributed by atoms with Crippen molar-refractivity contribution in [3.05, 3.63) is 0 Å². The van der Waals surface area contributed by atoms with Crippen LogP contribution in [0.3, 0.4) is 0 Å². The summed E-state index contributed by atoms with van der Waals surface area (Å²) in [6, 6.07) is 0. The monoisotopic (exact) mass is 297 g/mol. The largest absolute Gasteiger partial charge is 0.753 e. The number of rotatable bonds is 5. The van der Waals surface area contributed by atoms with Crippen molar-refractivity contribution in [1.82, 2.24) is 0 Å². The number of quaternary nitrogens is 1. The molecule has 0 saturated heterocycles. The quantitative estimate of drug-likeness (QED) is 0.445. The van der Waals surface area contributed by atoms with Crippen LogP contribution in [0.15, 0.2) is 0 Å². The molecule has 112 valence electrons. The molecule has 0 aromatic carbocycles. The first-order valence-corrected chi connectivity index (χ1v) is 6.88. The molecule has 4 nitrogen and oxygen atoms in total. The van der Waals surface area contributed by atoms with Gasteiger partial charge in [0.25, 0.3) is 0 Å². The van der Waals surface area contributed by atoms with E-state index in [0.29, 0.717) is 0 Å². The molecule has 0 aliphatic rings. The van der Waals surface area contributed by atoms with Gasteiger partial charge in [0.15, 0.2) is 6.61 Å². The average molecular weight is 297 g/mol. The van der Waals surface area contributed by atoms with E-state index in [1.54, 1.807) is 0 Å². The molecule has 0 aliphatic carbocycles. The lowest BCUT2D eigenvalue weighted by Crippen LogP contribution is -2.42. The summed E-state index contributed by atoms with van der Waals surface area (Å²) in [5.74, 6) is 0. The second-order valence-electron chi connectivity index (χ2n) is 3.89. The van der Waals surface area contributed by atoms with E-state index in [2.05, 4.69) is 32.3 Å². The zero-order valence-electron chi connectivity index (χ0n) is 11.0. The number of hydrogen-bond acceptors (Lipinski definition) is 3. The van der Waals surface area contributed by atoms with Gasteiger partial charge in [-0.25, -0.2) is 0 Å². The summed E-state index contributed by atoms with van der Waals surface area (Å²) >= 11 is 0. The Balaban J connectivity index is 0. The van der Waals surface area contributed by atoms with Crippen molar-refractivity contribution in [3.8, 4) is 0 Å². The minimum Gasteiger partial charge on any atom is -0.753 e. The van der Waals surface area contributed by atoms with E-state index in [1.807, 2.05) is 0 Å². The van der Waals surface area contributed by atoms with Crippen molar-refractivity contribution >= 4 is 7.91 Å². The molecule has 9 heteroatoms. The summed E-state index contributed by atoms with van der Waals surface area (Å²) in [4.78, 5) is 9.32. The van der Waals surface area contributed by atoms with Crippen LogP contribution in [0.2, 0.25) is 0 Å². The Hall–Kier alpha value is -0.170. The maximum Gasteiger partial charge on any atom is 0.412 e. The molecule has 0 aromatic rings. The predicted octanol–water partition coefficient (Wildman–Crippen LogP) is 2.50. The van der Waals surface area contributed by atoms with Crippen LogP contribution in [0.1, 0.15) is 20.8 Å². The fraction of sp³-hybridized carbons (Fsp3) is 1.00. The van der Waals surface area contributed by atoms with Crippen molar-refractivity contribution in [3.63, 3.8) is 0 Å². The molecule has 18 heavy (non-hydrogen) atoms. The highest BCUT2D eigenvalue weighted by atomic mass is 31.2. The summed E-state index contributed by atoms with van der Waals surface area (Å²) in [6.07, 6.45) is -4.83. The van der Waals surface area contributed by atoms with E-state index in [4.69, 9.17) is 0 Å². The molecule has 0 spiro atoms. The molecular formula is C9H20F4NO3P. The van der Waals surface area contributed by atoms with Gasteiger partial charge in [0.05, 0.1) is 26.7 Å². The van der Waals surface area contributed by atoms with Crippen LogP contribution in [0.25, 0.3) is 0 Å². The molecule has 1 unspecified atom stereocenters. The highest BCUT2D eigenvalue weighted by molar-refractivity contribution is 7.45. The summed E-state index contributed by atoms with van der Waals surface area (Å²) in [6.45, 7) is 8.38. The number of halogens is 4. The van der Waals surface area contributed by atoms with Gasteiger partial charge in [0.1, 0.15) is 0 Å². The summed E-state index contributed by atoms with van der Waals surface area (Å²) in [5.41, 5.74) is 0. The highest BCUT2D eigenvalue weighted by Crippen LogP contribution is 2.39. The first kappa shape index (κ1) is 20.2. The van der Waals surface area contributed by atoms with Gasteiger partial charge >= 0.3 is 14.1 Å². The molecule has 0 bridgehead atoms. The van der Waals surface area contributed by atoms with Crippen LogP contribution < -0.4 is 4.89 Å². The number of nitrogens with zero attached hydrogens (tertiary/aromatic N) is 1. The van der Waals surface area contributed by atoms with Gasteiger partial charge in [-0.05, 0) is 20.8 Å². The number of hydrogen-bond donors (Lipinski definition) is 0. The van der Waals surface area contributed by atoms with Crippen LogP contribution in [0.5, 0.6) is 0 Å². The molecule has 0 amide bonds. The van der Waals surface area contributed by atoms with Gasteiger partial charge < -0.3 is 13.9 Å². The van der Waals surface area contributed by atoms with Crippen molar-refractivity contribution in [2.75, 3.05) is 33.3 Å². The first-order chi connectivity index (χ1) is 7.89. The second kappa shape index (κ2) is 8.09. The van der Waals surface area contributed by atoms with Gasteiger partial charge in [0, 0.05) is 0 Å². The minimum atomic E-state index is -5.73. The molecule has 0 aliphatic heterocycles. The molecular weight excluding hydrogens is 277 g/mol. The van der Waals surface area contributed by atoms with E-state index in [-0.39, 0.29) is 0 Å².